The summed E-state index contributed by atoms with van der Waals surface area (Å²) in [6.45, 7) is 112. The maximum Gasteiger partial charge on any atom is 0.0788 e. The van der Waals surface area contributed by atoms with Crippen molar-refractivity contribution in [2.24, 2.45) is 70.9 Å². The molecule has 3 heteroatoms. The van der Waals surface area contributed by atoms with Crippen LogP contribution >= 0.6 is 0 Å². The summed E-state index contributed by atoms with van der Waals surface area (Å²) in [5.41, 5.74) is 12.4. The van der Waals surface area contributed by atoms with E-state index in [-0.39, 0.29) is 0 Å². The standard InChI is InChI=1S/C21H13N.2C17H11N.12C5H12.C4H10/c1-3-7-16-14(5-1)9-11-20-18(16)13-19-17-8-4-2-6-15(17)10-12-21(19)22-20;1-3-7-15-12(5-1)9-10-14-11-13-6-2-4-8-16(13)18-17(14)15;1-3-7-14-12(5-1)9-10-17-15(14)11-13-6-2-4-8-16(13)18-17;12*1-5(2,3)4;1-4(2)3/h1-13H;2*1-11H;12*1-4H3;4H,1-3H3. The molecule has 0 spiro atoms. The lowest BCUT2D eigenvalue weighted by Crippen LogP contribution is -1.93. The lowest BCUT2D eigenvalue weighted by atomic mass is 10.0. The van der Waals surface area contributed by atoms with Crippen LogP contribution < -0.4 is 0 Å². The molecule has 122 heavy (non-hydrogen) atoms. The Balaban J connectivity index is -0.00000131. The van der Waals surface area contributed by atoms with Crippen molar-refractivity contribution in [1.82, 2.24) is 15.0 Å². The number of hydrogen-bond donors (Lipinski definition) is 0. The van der Waals surface area contributed by atoms with Crippen LogP contribution in [0.15, 0.2) is 212 Å². The van der Waals surface area contributed by atoms with E-state index in [1.54, 1.807) is 0 Å². The summed E-state index contributed by atoms with van der Waals surface area (Å²) in [5.74, 6) is 0.833. The van der Waals surface area contributed by atoms with Gasteiger partial charge >= 0.3 is 0 Å². The Morgan fingerprint density at radius 1 is 0.148 bits per heavy atom. The second-order valence-electron chi connectivity index (χ2n) is 52.5. The molecule has 0 saturated heterocycles. The number of pyridine rings is 3. The maximum absolute atomic E-state index is 4.88. The molecule has 0 atom stereocenters. The molecule has 13 aromatic rings. The van der Waals surface area contributed by atoms with Crippen molar-refractivity contribution in [1.29, 1.82) is 0 Å². The van der Waals surface area contributed by atoms with Crippen molar-refractivity contribution in [3.63, 3.8) is 0 Å². The third kappa shape index (κ3) is 77.1. The van der Waals surface area contributed by atoms with Gasteiger partial charge in [-0.3, -0.25) is 0 Å². The summed E-state index contributed by atoms with van der Waals surface area (Å²) in [6.07, 6.45) is 0. The van der Waals surface area contributed by atoms with Crippen molar-refractivity contribution < 1.29 is 0 Å². The van der Waals surface area contributed by atoms with E-state index < -0.39 is 0 Å². The predicted octanol–water partition coefficient (Wildman–Crippen LogP) is 41.1. The molecule has 0 saturated carbocycles. The van der Waals surface area contributed by atoms with E-state index in [1.807, 2.05) is 12.1 Å². The molecule has 0 unspecified atom stereocenters. The molecule has 0 aliphatic rings. The minimum Gasteiger partial charge on any atom is -0.248 e. The van der Waals surface area contributed by atoms with Crippen LogP contribution in [-0.4, -0.2) is 15.0 Å². The summed E-state index contributed by atoms with van der Waals surface area (Å²) < 4.78 is 0. The summed E-state index contributed by atoms with van der Waals surface area (Å²) in [6, 6.07) is 74.2. The molecule has 680 valence electrons. The molecule has 0 aliphatic heterocycles. The Morgan fingerprint density at radius 3 is 0.566 bits per heavy atom. The minimum atomic E-state index is 0.500. The fourth-order valence-corrected chi connectivity index (χ4v) is 8.38. The number of rotatable bonds is 0. The Kier molecular flexibility index (Phi) is 50.7. The molecule has 10 aromatic carbocycles. The van der Waals surface area contributed by atoms with Gasteiger partial charge in [-0.15, -0.1) is 0 Å². The van der Waals surface area contributed by atoms with E-state index in [2.05, 4.69) is 553 Å². The van der Waals surface area contributed by atoms with Crippen molar-refractivity contribution >= 4 is 109 Å². The van der Waals surface area contributed by atoms with Gasteiger partial charge in [0.25, 0.3) is 0 Å². The average molecular weight is 1660 g/mol. The van der Waals surface area contributed by atoms with Crippen LogP contribution in [0.4, 0.5) is 0 Å². The van der Waals surface area contributed by atoms with Crippen LogP contribution in [-0.2, 0) is 0 Å². The maximum atomic E-state index is 4.88. The van der Waals surface area contributed by atoms with Gasteiger partial charge in [-0.05, 0) is 157 Å². The van der Waals surface area contributed by atoms with Crippen LogP contribution in [0.3, 0.4) is 0 Å². The molecule has 0 bridgehead atoms. The van der Waals surface area contributed by atoms with Crippen molar-refractivity contribution in [3.8, 4) is 0 Å². The lowest BCUT2D eigenvalue weighted by molar-refractivity contribution is 0.469. The Bertz CT molecular complexity index is 4440. The number of hydrogen-bond acceptors (Lipinski definition) is 3. The number of nitrogens with zero attached hydrogens (tertiary/aromatic N) is 3. The first kappa shape index (κ1) is 118. The predicted molar refractivity (Wildman–Crippen MR) is 570 cm³/mol. The molecule has 0 radical (unpaired) electrons. The summed E-state index contributed by atoms with van der Waals surface area (Å²) in [5, 5.41) is 17.3. The Labute approximate surface area is 754 Å². The van der Waals surface area contributed by atoms with Gasteiger partial charge < -0.3 is 0 Å². The molecule has 3 heterocycles. The first-order valence-electron chi connectivity index (χ1n) is 45.4. The topological polar surface area (TPSA) is 38.7 Å². The van der Waals surface area contributed by atoms with Crippen LogP contribution in [0.2, 0.25) is 0 Å². The third-order valence-corrected chi connectivity index (χ3v) is 11.3. The first-order valence-corrected chi connectivity index (χ1v) is 45.4. The van der Waals surface area contributed by atoms with E-state index in [0.29, 0.717) is 65.0 Å². The smallest absolute Gasteiger partial charge is 0.0788 e. The number of fused-ring (bicyclic) bond motifs is 14. The van der Waals surface area contributed by atoms with Gasteiger partial charge in [0, 0.05) is 37.7 Å². The first-order chi connectivity index (χ1) is 54.5. The SMILES string of the molecule is CC(C)(C)C.CC(C)(C)C.CC(C)(C)C.CC(C)(C)C.CC(C)(C)C.CC(C)(C)C.CC(C)(C)C.CC(C)(C)C.CC(C)(C)C.CC(C)(C)C.CC(C)(C)C.CC(C)(C)C.CC(C)C.c1ccc2c(c1)ccc1nc3ccc4ccccc4c3cc12.c1ccc2nc3c(ccc4ccccc43)cc2c1.c1ccc2nc3ccc4ccccc4c3cc2c1. The molecule has 13 rings (SSSR count). The zero-order chi connectivity index (χ0) is 96.0. The molecular formula is C119H189N3. The fourth-order valence-electron chi connectivity index (χ4n) is 8.38. The van der Waals surface area contributed by atoms with Crippen LogP contribution in [0.25, 0.3) is 109 Å². The normalized spacial score (nSPS) is 11.6. The fraction of sp³-hybridized carbons (Fsp3) is 0.538. The second-order valence-corrected chi connectivity index (χ2v) is 52.5. The summed E-state index contributed by atoms with van der Waals surface area (Å²) in [7, 11) is 0. The number of benzene rings is 10. The van der Waals surface area contributed by atoms with Gasteiger partial charge in [0.15, 0.2) is 0 Å². The lowest BCUT2D eigenvalue weighted by Gasteiger charge is -2.08. The van der Waals surface area contributed by atoms with Crippen molar-refractivity contribution in [2.45, 2.75) is 353 Å². The van der Waals surface area contributed by atoms with Crippen molar-refractivity contribution in [2.75, 3.05) is 0 Å². The quantitative estimate of drug-likeness (QED) is 0.112. The Morgan fingerprint density at radius 2 is 0.311 bits per heavy atom. The Hall–Kier alpha value is -7.75. The zero-order valence-corrected chi connectivity index (χ0v) is 89.1. The van der Waals surface area contributed by atoms with Crippen LogP contribution in [0.1, 0.15) is 353 Å². The van der Waals surface area contributed by atoms with E-state index in [9.17, 15) is 0 Å². The molecule has 0 fully saturated rings. The van der Waals surface area contributed by atoms with Crippen LogP contribution in [0, 0.1) is 70.9 Å². The highest BCUT2D eigenvalue weighted by molar-refractivity contribution is 6.15. The van der Waals surface area contributed by atoms with Gasteiger partial charge in [-0.2, -0.15) is 0 Å². The molecular weight excluding hydrogens is 1470 g/mol. The number of aromatic nitrogens is 3. The average Bonchev–Trinajstić information content (AvgIpc) is 0.770. The monoisotopic (exact) mass is 1660 g/mol. The highest BCUT2D eigenvalue weighted by atomic mass is 14.7. The molecule has 3 aromatic heterocycles. The van der Waals surface area contributed by atoms with Gasteiger partial charge in [-0.1, -0.05) is 517 Å². The largest absolute Gasteiger partial charge is 0.248 e. The van der Waals surface area contributed by atoms with Gasteiger partial charge in [0.1, 0.15) is 0 Å². The van der Waals surface area contributed by atoms with E-state index in [1.165, 1.54) is 75.4 Å². The third-order valence-electron chi connectivity index (χ3n) is 11.3. The zero-order valence-electron chi connectivity index (χ0n) is 89.1. The second kappa shape index (κ2) is 52.3. The van der Waals surface area contributed by atoms with E-state index >= 15 is 0 Å². The molecule has 0 N–H and O–H groups in total. The van der Waals surface area contributed by atoms with Gasteiger partial charge in [0.05, 0.1) is 33.1 Å². The molecule has 3 nitrogen and oxygen atoms in total. The highest BCUT2D eigenvalue weighted by Crippen LogP contribution is 2.33. The highest BCUT2D eigenvalue weighted by Gasteiger charge is 2.10. The van der Waals surface area contributed by atoms with E-state index in [4.69, 9.17) is 15.0 Å². The number of para-hydroxylation sites is 2. The van der Waals surface area contributed by atoms with Crippen molar-refractivity contribution in [3.05, 3.63) is 212 Å². The summed E-state index contributed by atoms with van der Waals surface area (Å²) in [4.78, 5) is 14.4. The van der Waals surface area contributed by atoms with Gasteiger partial charge in [0.2, 0.25) is 0 Å². The van der Waals surface area contributed by atoms with E-state index in [0.717, 1.165) is 39.0 Å². The van der Waals surface area contributed by atoms with Crippen LogP contribution in [0.5, 0.6) is 0 Å². The van der Waals surface area contributed by atoms with Gasteiger partial charge in [-0.25, -0.2) is 15.0 Å². The molecule has 0 amide bonds. The molecule has 0 aliphatic carbocycles. The minimum absolute atomic E-state index is 0.500. The summed E-state index contributed by atoms with van der Waals surface area (Å²) >= 11 is 0.